The number of carbonyl (C=O) groups is 1. The van der Waals surface area contributed by atoms with Crippen molar-refractivity contribution in [1.29, 1.82) is 0 Å². The molecule has 0 unspecified atom stereocenters. The van der Waals surface area contributed by atoms with Crippen LogP contribution in [0.15, 0.2) is 24.3 Å². The smallest absolute Gasteiger partial charge is 0.358 e. The molecular formula is C10H6ClN5O5. The number of nitrogens with one attached hydrogen (secondary N) is 2. The van der Waals surface area contributed by atoms with Gasteiger partial charge in [-0.3, -0.25) is 14.9 Å². The first-order valence-corrected chi connectivity index (χ1v) is 5.72. The Bertz CT molecular complexity index is 726. The van der Waals surface area contributed by atoms with E-state index in [1.54, 1.807) is 0 Å². The molecule has 0 spiro atoms. The summed E-state index contributed by atoms with van der Waals surface area (Å²) >= 11 is 5.66. The molecule has 1 amide bonds. The van der Waals surface area contributed by atoms with E-state index in [1.807, 2.05) is 5.10 Å². The van der Waals surface area contributed by atoms with Crippen LogP contribution in [0.2, 0.25) is 5.02 Å². The number of aromatic nitrogens is 2. The standard InChI is InChI=1S/C10H6ClN5O5/c11-7-8(13-14-9(7)16(20)21)10(17)12-5-1-3-6(4-2-5)15(18)19/h1-4H,(H,12,17)(H,13,14). The van der Waals surface area contributed by atoms with Gasteiger partial charge in [-0.15, -0.1) is 5.10 Å². The number of halogens is 1. The number of hydrogen-bond acceptors (Lipinski definition) is 6. The molecule has 0 saturated carbocycles. The van der Waals surface area contributed by atoms with E-state index in [9.17, 15) is 25.0 Å². The van der Waals surface area contributed by atoms with Gasteiger partial charge in [0.25, 0.3) is 11.6 Å². The predicted molar refractivity (Wildman–Crippen MR) is 71.3 cm³/mol. The molecule has 21 heavy (non-hydrogen) atoms. The van der Waals surface area contributed by atoms with Crippen LogP contribution in [0.3, 0.4) is 0 Å². The lowest BCUT2D eigenvalue weighted by Gasteiger charge is -2.02. The molecule has 0 radical (unpaired) electrons. The molecule has 2 N–H and O–H groups in total. The largest absolute Gasteiger partial charge is 0.362 e. The second-order valence-corrected chi connectivity index (χ2v) is 4.13. The Hall–Kier alpha value is -3.01. The van der Waals surface area contributed by atoms with Crippen LogP contribution in [-0.2, 0) is 0 Å². The molecule has 0 atom stereocenters. The number of non-ortho nitro benzene ring substituents is 1. The molecule has 1 aromatic heterocycles. The molecule has 2 rings (SSSR count). The first-order valence-electron chi connectivity index (χ1n) is 5.34. The molecule has 0 aliphatic carbocycles. The van der Waals surface area contributed by atoms with Gasteiger partial charge in [0.05, 0.1) is 4.92 Å². The highest BCUT2D eigenvalue weighted by molar-refractivity contribution is 6.35. The van der Waals surface area contributed by atoms with Crippen molar-refractivity contribution in [2.45, 2.75) is 0 Å². The van der Waals surface area contributed by atoms with Crippen LogP contribution >= 0.6 is 11.6 Å². The quantitative estimate of drug-likeness (QED) is 0.653. The van der Waals surface area contributed by atoms with Gasteiger partial charge in [0, 0.05) is 17.8 Å². The third kappa shape index (κ3) is 2.95. The maximum Gasteiger partial charge on any atom is 0.362 e. The normalized spacial score (nSPS) is 10.1. The summed E-state index contributed by atoms with van der Waals surface area (Å²) < 4.78 is 0. The lowest BCUT2D eigenvalue weighted by Crippen LogP contribution is -2.12. The van der Waals surface area contributed by atoms with E-state index in [0.29, 0.717) is 0 Å². The Morgan fingerprint density at radius 3 is 2.29 bits per heavy atom. The lowest BCUT2D eigenvalue weighted by molar-refractivity contribution is -0.389. The van der Waals surface area contributed by atoms with Gasteiger partial charge in [-0.05, 0) is 17.1 Å². The van der Waals surface area contributed by atoms with Gasteiger partial charge >= 0.3 is 5.82 Å². The molecule has 0 aliphatic rings. The maximum atomic E-state index is 11.9. The number of nitrogens with zero attached hydrogens (tertiary/aromatic N) is 3. The number of hydrogen-bond donors (Lipinski definition) is 2. The van der Waals surface area contributed by atoms with E-state index in [2.05, 4.69) is 10.4 Å². The summed E-state index contributed by atoms with van der Waals surface area (Å²) in [5, 5.41) is 28.5. The van der Waals surface area contributed by atoms with Crippen LogP contribution in [-0.4, -0.2) is 26.0 Å². The number of rotatable bonds is 4. The maximum absolute atomic E-state index is 11.9. The highest BCUT2D eigenvalue weighted by atomic mass is 35.5. The number of carbonyl (C=O) groups excluding carboxylic acids is 1. The second-order valence-electron chi connectivity index (χ2n) is 3.75. The molecule has 1 heterocycles. The molecule has 108 valence electrons. The van der Waals surface area contributed by atoms with Crippen molar-refractivity contribution in [3.05, 3.63) is 55.2 Å². The number of amides is 1. The third-order valence-electron chi connectivity index (χ3n) is 2.42. The lowest BCUT2D eigenvalue weighted by atomic mass is 10.2. The van der Waals surface area contributed by atoms with Crippen molar-refractivity contribution in [3.63, 3.8) is 0 Å². The van der Waals surface area contributed by atoms with Gasteiger partial charge in [-0.1, -0.05) is 16.7 Å². The van der Waals surface area contributed by atoms with E-state index in [4.69, 9.17) is 11.6 Å². The minimum absolute atomic E-state index is 0.138. The first-order chi connectivity index (χ1) is 9.90. The molecule has 1 aromatic carbocycles. The highest BCUT2D eigenvalue weighted by Crippen LogP contribution is 2.25. The van der Waals surface area contributed by atoms with E-state index >= 15 is 0 Å². The molecule has 0 aliphatic heterocycles. The highest BCUT2D eigenvalue weighted by Gasteiger charge is 2.25. The van der Waals surface area contributed by atoms with Crippen molar-refractivity contribution in [1.82, 2.24) is 10.2 Å². The summed E-state index contributed by atoms with van der Waals surface area (Å²) in [7, 11) is 0. The Morgan fingerprint density at radius 1 is 1.19 bits per heavy atom. The molecule has 0 bridgehead atoms. The van der Waals surface area contributed by atoms with E-state index in [0.717, 1.165) is 0 Å². The summed E-state index contributed by atoms with van der Waals surface area (Å²) in [5.74, 6) is -1.37. The van der Waals surface area contributed by atoms with Crippen molar-refractivity contribution >= 4 is 34.7 Å². The summed E-state index contributed by atoms with van der Waals surface area (Å²) in [6.45, 7) is 0. The predicted octanol–water partition coefficient (Wildman–Crippen LogP) is 2.13. The number of H-pyrrole nitrogens is 1. The minimum atomic E-state index is -0.808. The topological polar surface area (TPSA) is 144 Å². The Labute approximate surface area is 121 Å². The molecule has 2 aromatic rings. The summed E-state index contributed by atoms with van der Waals surface area (Å²) in [6.07, 6.45) is 0. The number of nitro benzene ring substituents is 1. The third-order valence-corrected chi connectivity index (χ3v) is 2.78. The summed E-state index contributed by atoms with van der Waals surface area (Å²) in [4.78, 5) is 31.5. The molecule has 0 saturated heterocycles. The minimum Gasteiger partial charge on any atom is -0.358 e. The zero-order valence-electron chi connectivity index (χ0n) is 10.1. The SMILES string of the molecule is O=C(Nc1ccc([N+](=O)[O-])cc1)c1n[nH]c([N+](=O)[O-])c1Cl. The van der Waals surface area contributed by atoms with E-state index < -0.39 is 26.6 Å². The number of aromatic amines is 1. The van der Waals surface area contributed by atoms with E-state index in [-0.39, 0.29) is 17.1 Å². The summed E-state index contributed by atoms with van der Waals surface area (Å²) in [5.41, 5.74) is -0.226. The Balaban J connectivity index is 2.18. The van der Waals surface area contributed by atoms with Crippen LogP contribution in [0.25, 0.3) is 0 Å². The number of anilines is 1. The van der Waals surface area contributed by atoms with Gasteiger partial charge in [0.1, 0.15) is 0 Å². The monoisotopic (exact) mass is 311 g/mol. The van der Waals surface area contributed by atoms with Gasteiger partial charge in [0.2, 0.25) is 0 Å². The van der Waals surface area contributed by atoms with Crippen molar-refractivity contribution < 1.29 is 14.6 Å². The van der Waals surface area contributed by atoms with E-state index in [1.165, 1.54) is 24.3 Å². The Kier molecular flexibility index (Phi) is 3.80. The second kappa shape index (κ2) is 5.54. The summed E-state index contributed by atoms with van der Waals surface area (Å²) in [6, 6.07) is 5.02. The van der Waals surface area contributed by atoms with Crippen LogP contribution in [0, 0.1) is 20.2 Å². The van der Waals surface area contributed by atoms with Gasteiger partial charge in [-0.2, -0.15) is 0 Å². The van der Waals surface area contributed by atoms with Crippen LogP contribution in [0.1, 0.15) is 10.5 Å². The first kappa shape index (κ1) is 14.4. The van der Waals surface area contributed by atoms with Gasteiger partial charge in [0.15, 0.2) is 10.7 Å². The van der Waals surface area contributed by atoms with Crippen LogP contribution in [0.5, 0.6) is 0 Å². The van der Waals surface area contributed by atoms with Crippen molar-refractivity contribution in [2.75, 3.05) is 5.32 Å². The zero-order chi connectivity index (χ0) is 15.6. The Morgan fingerprint density at radius 2 is 1.81 bits per heavy atom. The molecule has 10 nitrogen and oxygen atoms in total. The molecular weight excluding hydrogens is 306 g/mol. The van der Waals surface area contributed by atoms with Crippen molar-refractivity contribution in [2.24, 2.45) is 0 Å². The van der Waals surface area contributed by atoms with Gasteiger partial charge < -0.3 is 15.4 Å². The average Bonchev–Trinajstić information content (AvgIpc) is 2.81. The zero-order valence-corrected chi connectivity index (χ0v) is 10.8. The van der Waals surface area contributed by atoms with Gasteiger partial charge in [-0.25, -0.2) is 0 Å². The average molecular weight is 312 g/mol. The fourth-order valence-corrected chi connectivity index (χ4v) is 1.69. The molecule has 0 fully saturated rings. The number of benzene rings is 1. The van der Waals surface area contributed by atoms with Crippen LogP contribution < -0.4 is 5.32 Å². The molecule has 11 heteroatoms. The fraction of sp³-hybridized carbons (Fsp3) is 0. The number of nitro groups is 2. The van der Waals surface area contributed by atoms with Crippen molar-refractivity contribution in [3.8, 4) is 0 Å². The van der Waals surface area contributed by atoms with Crippen LogP contribution in [0.4, 0.5) is 17.2 Å². The fourth-order valence-electron chi connectivity index (χ4n) is 1.45.